The Morgan fingerprint density at radius 2 is 2.33 bits per heavy atom. The Morgan fingerprint density at radius 1 is 1.40 bits per heavy atom. The molecule has 3 heteroatoms. The van der Waals surface area contributed by atoms with E-state index in [4.69, 9.17) is 4.74 Å². The molecule has 2 nitrogen and oxygen atoms in total. The monoisotopic (exact) mass is 315 g/mol. The van der Waals surface area contributed by atoms with Crippen molar-refractivity contribution in [1.29, 1.82) is 0 Å². The van der Waals surface area contributed by atoms with Crippen LogP contribution < -0.4 is 5.32 Å². The molecule has 0 unspecified atom stereocenters. The van der Waals surface area contributed by atoms with Gasteiger partial charge in [0.2, 0.25) is 0 Å². The van der Waals surface area contributed by atoms with Crippen molar-refractivity contribution in [2.24, 2.45) is 0 Å². The van der Waals surface area contributed by atoms with E-state index in [2.05, 4.69) is 58.2 Å². The first-order chi connectivity index (χ1) is 7.34. The van der Waals surface area contributed by atoms with E-state index in [0.717, 1.165) is 26.2 Å². The van der Waals surface area contributed by atoms with Crippen LogP contribution in [0.3, 0.4) is 0 Å². The first kappa shape index (κ1) is 11.0. The van der Waals surface area contributed by atoms with Gasteiger partial charge in [0, 0.05) is 15.8 Å². The maximum absolute atomic E-state index is 5.38. The largest absolute Gasteiger partial charge is 0.381 e. The summed E-state index contributed by atoms with van der Waals surface area (Å²) < 4.78 is 6.64. The van der Waals surface area contributed by atoms with Gasteiger partial charge in [-0.1, -0.05) is 12.1 Å². The summed E-state index contributed by atoms with van der Waals surface area (Å²) in [5, 5.41) is 3.40. The summed E-state index contributed by atoms with van der Waals surface area (Å²) in [6.07, 6.45) is 3.31. The number of halogens is 1. The van der Waals surface area contributed by atoms with Gasteiger partial charge in [0.05, 0.1) is 13.2 Å². The lowest BCUT2D eigenvalue weighted by Crippen LogP contribution is -2.13. The van der Waals surface area contributed by atoms with Gasteiger partial charge in [-0.25, -0.2) is 0 Å². The van der Waals surface area contributed by atoms with Crippen LogP contribution in [0.4, 0.5) is 5.69 Å². The van der Waals surface area contributed by atoms with Crippen molar-refractivity contribution in [2.75, 3.05) is 25.1 Å². The average molecular weight is 315 g/mol. The van der Waals surface area contributed by atoms with Crippen molar-refractivity contribution in [3.8, 4) is 0 Å². The Labute approximate surface area is 104 Å². The smallest absolute Gasteiger partial charge is 0.0693 e. The lowest BCUT2D eigenvalue weighted by atomic mass is 10.2. The van der Waals surface area contributed by atoms with Gasteiger partial charge in [-0.15, -0.1) is 0 Å². The number of nitrogens with one attached hydrogen (secondary N) is 1. The molecule has 80 valence electrons. The van der Waals surface area contributed by atoms with E-state index in [0.29, 0.717) is 0 Å². The summed E-state index contributed by atoms with van der Waals surface area (Å²) >= 11 is 2.32. The molecule has 0 radical (unpaired) electrons. The molecular weight excluding hydrogens is 301 g/mol. The maximum atomic E-state index is 5.38. The summed E-state index contributed by atoms with van der Waals surface area (Å²) in [5.74, 6) is 0. The van der Waals surface area contributed by atoms with Crippen molar-refractivity contribution in [1.82, 2.24) is 0 Å². The van der Waals surface area contributed by atoms with E-state index in [1.165, 1.54) is 14.8 Å². The fraction of sp³-hybridized carbons (Fsp3) is 0.333. The number of benzene rings is 1. The fourth-order valence-electron chi connectivity index (χ4n) is 1.55. The first-order valence-corrected chi connectivity index (χ1v) is 6.17. The second kappa shape index (κ2) is 5.51. The van der Waals surface area contributed by atoms with Crippen molar-refractivity contribution < 1.29 is 4.74 Å². The second-order valence-electron chi connectivity index (χ2n) is 3.57. The Hall–Kier alpha value is -0.550. The van der Waals surface area contributed by atoms with Crippen molar-refractivity contribution in [2.45, 2.75) is 6.42 Å². The van der Waals surface area contributed by atoms with Crippen molar-refractivity contribution in [3.63, 3.8) is 0 Å². The predicted octanol–water partition coefficient (Wildman–Crippen LogP) is 3.05. The molecule has 0 bridgehead atoms. The molecule has 1 aliphatic heterocycles. The molecule has 1 aromatic carbocycles. The summed E-state index contributed by atoms with van der Waals surface area (Å²) in [4.78, 5) is 0. The van der Waals surface area contributed by atoms with Gasteiger partial charge < -0.3 is 10.1 Å². The minimum Gasteiger partial charge on any atom is -0.381 e. The third-order valence-corrected chi connectivity index (χ3v) is 3.00. The van der Waals surface area contributed by atoms with Crippen LogP contribution in [0.15, 0.2) is 35.9 Å². The molecule has 0 fully saturated rings. The summed E-state index contributed by atoms with van der Waals surface area (Å²) in [5.41, 5.74) is 2.52. The lowest BCUT2D eigenvalue weighted by Gasteiger charge is -2.14. The van der Waals surface area contributed by atoms with Gasteiger partial charge in [-0.2, -0.15) is 0 Å². The average Bonchev–Trinajstić information content (AvgIpc) is 2.28. The molecule has 0 saturated carbocycles. The molecular formula is C12H14INO. The van der Waals surface area contributed by atoms with Gasteiger partial charge in [-0.05, 0) is 52.8 Å². The summed E-state index contributed by atoms with van der Waals surface area (Å²) in [6, 6.07) is 8.39. The minimum atomic E-state index is 0.775. The van der Waals surface area contributed by atoms with E-state index in [1.54, 1.807) is 0 Å². The van der Waals surface area contributed by atoms with Crippen LogP contribution in [-0.2, 0) is 4.74 Å². The topological polar surface area (TPSA) is 21.3 Å². The molecule has 1 heterocycles. The molecule has 0 aromatic heterocycles. The maximum Gasteiger partial charge on any atom is 0.0693 e. The van der Waals surface area contributed by atoms with Crippen LogP contribution in [0.1, 0.15) is 6.42 Å². The van der Waals surface area contributed by atoms with Crippen LogP contribution in [0.25, 0.3) is 0 Å². The summed E-state index contributed by atoms with van der Waals surface area (Å²) in [7, 11) is 0. The Balaban J connectivity index is 1.90. The highest BCUT2D eigenvalue weighted by Gasteiger charge is 2.03. The zero-order chi connectivity index (χ0) is 10.5. The van der Waals surface area contributed by atoms with E-state index in [9.17, 15) is 0 Å². The number of rotatable bonds is 3. The van der Waals surface area contributed by atoms with Gasteiger partial charge in [0.25, 0.3) is 0 Å². The molecule has 1 aliphatic rings. The van der Waals surface area contributed by atoms with Crippen LogP contribution in [0.2, 0.25) is 0 Å². The normalized spacial score (nSPS) is 15.9. The minimum absolute atomic E-state index is 0.775. The highest BCUT2D eigenvalue weighted by molar-refractivity contribution is 14.1. The number of hydrogen-bond acceptors (Lipinski definition) is 2. The SMILES string of the molecule is Ic1cccc(NCC2=CCCOC2)c1. The van der Waals surface area contributed by atoms with Gasteiger partial charge in [0.15, 0.2) is 0 Å². The molecule has 0 saturated heterocycles. The Kier molecular flexibility index (Phi) is 4.02. The number of anilines is 1. The van der Waals surface area contributed by atoms with Crippen LogP contribution in [0.5, 0.6) is 0 Å². The van der Waals surface area contributed by atoms with E-state index < -0.39 is 0 Å². The van der Waals surface area contributed by atoms with Crippen molar-refractivity contribution in [3.05, 3.63) is 39.5 Å². The van der Waals surface area contributed by atoms with Gasteiger partial charge >= 0.3 is 0 Å². The zero-order valence-electron chi connectivity index (χ0n) is 8.50. The lowest BCUT2D eigenvalue weighted by molar-refractivity contribution is 0.150. The molecule has 0 spiro atoms. The summed E-state index contributed by atoms with van der Waals surface area (Å²) in [6.45, 7) is 2.53. The molecule has 1 aromatic rings. The van der Waals surface area contributed by atoms with E-state index in [1.807, 2.05) is 0 Å². The molecule has 2 rings (SSSR count). The number of ether oxygens (including phenoxy) is 1. The Morgan fingerprint density at radius 3 is 3.07 bits per heavy atom. The second-order valence-corrected chi connectivity index (χ2v) is 4.81. The number of hydrogen-bond donors (Lipinski definition) is 1. The van der Waals surface area contributed by atoms with E-state index >= 15 is 0 Å². The van der Waals surface area contributed by atoms with Gasteiger partial charge in [-0.3, -0.25) is 0 Å². The molecule has 15 heavy (non-hydrogen) atoms. The molecule has 1 N–H and O–H groups in total. The molecule has 0 aliphatic carbocycles. The zero-order valence-corrected chi connectivity index (χ0v) is 10.7. The van der Waals surface area contributed by atoms with Gasteiger partial charge in [0.1, 0.15) is 0 Å². The molecule has 0 amide bonds. The fourth-order valence-corrected chi connectivity index (χ4v) is 2.09. The third kappa shape index (κ3) is 3.50. The predicted molar refractivity (Wildman–Crippen MR) is 71.2 cm³/mol. The van der Waals surface area contributed by atoms with E-state index in [-0.39, 0.29) is 0 Å². The van der Waals surface area contributed by atoms with Crippen molar-refractivity contribution >= 4 is 28.3 Å². The highest BCUT2D eigenvalue weighted by Crippen LogP contribution is 2.13. The first-order valence-electron chi connectivity index (χ1n) is 5.10. The standard InChI is InChI=1S/C12H14INO/c13-11-4-1-5-12(7-11)14-8-10-3-2-6-15-9-10/h1,3-5,7,14H,2,6,8-9H2. The third-order valence-electron chi connectivity index (χ3n) is 2.33. The quantitative estimate of drug-likeness (QED) is 0.684. The van der Waals surface area contributed by atoms with Crippen LogP contribution in [-0.4, -0.2) is 19.8 Å². The molecule has 0 atom stereocenters. The van der Waals surface area contributed by atoms with Crippen LogP contribution >= 0.6 is 22.6 Å². The highest BCUT2D eigenvalue weighted by atomic mass is 127. The Bertz CT molecular complexity index is 362. The van der Waals surface area contributed by atoms with Crippen LogP contribution in [0, 0.1) is 3.57 Å².